The van der Waals surface area contributed by atoms with Crippen LogP contribution in [0.5, 0.6) is 0 Å². The Labute approximate surface area is 94.6 Å². The van der Waals surface area contributed by atoms with Crippen LogP contribution in [0, 0.1) is 17.8 Å². The minimum absolute atomic E-state index is 0.398. The van der Waals surface area contributed by atoms with E-state index in [-0.39, 0.29) is 0 Å². The zero-order chi connectivity index (χ0) is 11.3. The molecule has 1 aliphatic rings. The van der Waals surface area contributed by atoms with Gasteiger partial charge in [0.2, 0.25) is 0 Å². The van der Waals surface area contributed by atoms with Gasteiger partial charge in [-0.25, -0.2) is 0 Å². The van der Waals surface area contributed by atoms with Gasteiger partial charge in [-0.15, -0.1) is 0 Å². The summed E-state index contributed by atoms with van der Waals surface area (Å²) in [5.41, 5.74) is 0. The molecule has 0 aromatic heterocycles. The summed E-state index contributed by atoms with van der Waals surface area (Å²) in [6.07, 6.45) is 8.05. The molecule has 2 atom stereocenters. The first-order valence-electron chi connectivity index (χ1n) is 6.70. The van der Waals surface area contributed by atoms with Crippen molar-refractivity contribution in [3.05, 3.63) is 0 Å². The van der Waals surface area contributed by atoms with Crippen molar-refractivity contribution >= 4 is 5.78 Å². The minimum atomic E-state index is 0.398. The fraction of sp³-hybridized carbons (Fsp3) is 0.929. The fourth-order valence-electron chi connectivity index (χ4n) is 2.76. The first-order chi connectivity index (χ1) is 7.17. The number of ketones is 1. The molecule has 88 valence electrons. The van der Waals surface area contributed by atoms with Crippen LogP contribution < -0.4 is 0 Å². The summed E-state index contributed by atoms with van der Waals surface area (Å²) in [6, 6.07) is 0. The number of carbonyl (C=O) groups is 1. The Hall–Kier alpha value is -0.330. The molecule has 15 heavy (non-hydrogen) atoms. The van der Waals surface area contributed by atoms with Crippen LogP contribution in [0.3, 0.4) is 0 Å². The highest BCUT2D eigenvalue weighted by Gasteiger charge is 2.25. The lowest BCUT2D eigenvalue weighted by molar-refractivity contribution is -0.125. The summed E-state index contributed by atoms with van der Waals surface area (Å²) >= 11 is 0. The second-order valence-corrected chi connectivity index (χ2v) is 5.32. The maximum absolute atomic E-state index is 12.1. The lowest BCUT2D eigenvalue weighted by atomic mass is 9.78. The largest absolute Gasteiger partial charge is 0.299 e. The molecule has 1 saturated carbocycles. The lowest BCUT2D eigenvalue weighted by Crippen LogP contribution is -2.23. The highest BCUT2D eigenvalue weighted by Crippen LogP contribution is 2.31. The molecule has 2 unspecified atom stereocenters. The summed E-state index contributed by atoms with van der Waals surface area (Å²) in [5.74, 6) is 2.36. The van der Waals surface area contributed by atoms with E-state index in [0.29, 0.717) is 17.6 Å². The molecule has 0 spiro atoms. The third-order valence-electron chi connectivity index (χ3n) is 4.04. The topological polar surface area (TPSA) is 17.1 Å². The van der Waals surface area contributed by atoms with E-state index in [4.69, 9.17) is 0 Å². The van der Waals surface area contributed by atoms with Gasteiger partial charge >= 0.3 is 0 Å². The first kappa shape index (κ1) is 12.7. The normalized spacial score (nSPS) is 26.9. The van der Waals surface area contributed by atoms with E-state index in [1.807, 2.05) is 0 Å². The molecule has 0 aromatic rings. The minimum Gasteiger partial charge on any atom is -0.299 e. The van der Waals surface area contributed by atoms with Gasteiger partial charge in [-0.05, 0) is 24.7 Å². The van der Waals surface area contributed by atoms with Gasteiger partial charge in [-0.3, -0.25) is 4.79 Å². The molecule has 1 rings (SSSR count). The van der Waals surface area contributed by atoms with Crippen LogP contribution >= 0.6 is 0 Å². The van der Waals surface area contributed by atoms with E-state index in [2.05, 4.69) is 20.8 Å². The van der Waals surface area contributed by atoms with Crippen molar-refractivity contribution in [2.24, 2.45) is 17.8 Å². The number of hydrogen-bond donors (Lipinski definition) is 0. The van der Waals surface area contributed by atoms with Gasteiger partial charge in [0, 0.05) is 12.3 Å². The summed E-state index contributed by atoms with van der Waals surface area (Å²) in [5, 5.41) is 0. The Bertz CT molecular complexity index is 194. The van der Waals surface area contributed by atoms with Crippen molar-refractivity contribution in [1.29, 1.82) is 0 Å². The van der Waals surface area contributed by atoms with Gasteiger partial charge in [-0.2, -0.15) is 0 Å². The average Bonchev–Trinajstić information content (AvgIpc) is 2.25. The van der Waals surface area contributed by atoms with Crippen molar-refractivity contribution in [2.75, 3.05) is 0 Å². The molecule has 1 heteroatoms. The Morgan fingerprint density at radius 3 is 2.47 bits per heavy atom. The summed E-state index contributed by atoms with van der Waals surface area (Å²) in [7, 11) is 0. The summed E-state index contributed by atoms with van der Waals surface area (Å²) in [6.45, 7) is 6.69. The lowest BCUT2D eigenvalue weighted by Gasteiger charge is -2.26. The predicted octanol–water partition coefficient (Wildman–Crippen LogP) is 4.21. The third-order valence-corrected chi connectivity index (χ3v) is 4.04. The smallest absolute Gasteiger partial charge is 0.136 e. The second kappa shape index (κ2) is 6.30. The van der Waals surface area contributed by atoms with Crippen molar-refractivity contribution in [1.82, 2.24) is 0 Å². The molecule has 0 bridgehead atoms. The molecule has 0 aliphatic heterocycles. The van der Waals surface area contributed by atoms with Crippen LogP contribution in [-0.2, 0) is 4.79 Å². The molecule has 1 nitrogen and oxygen atoms in total. The number of Topliss-reactive ketones (excluding diaryl/α,β-unsaturated/α-hetero) is 1. The molecule has 1 aliphatic carbocycles. The Morgan fingerprint density at radius 1 is 1.27 bits per heavy atom. The maximum atomic E-state index is 12.1. The molecular weight excluding hydrogens is 184 g/mol. The van der Waals surface area contributed by atoms with Gasteiger partial charge in [0.25, 0.3) is 0 Å². The zero-order valence-corrected chi connectivity index (χ0v) is 10.6. The Morgan fingerprint density at radius 2 is 1.93 bits per heavy atom. The van der Waals surface area contributed by atoms with Crippen LogP contribution in [0.1, 0.15) is 65.7 Å². The second-order valence-electron chi connectivity index (χ2n) is 5.32. The van der Waals surface area contributed by atoms with E-state index in [0.717, 1.165) is 38.0 Å². The summed E-state index contributed by atoms with van der Waals surface area (Å²) in [4.78, 5) is 12.1. The van der Waals surface area contributed by atoms with Crippen LogP contribution in [0.15, 0.2) is 0 Å². The van der Waals surface area contributed by atoms with Crippen LogP contribution in [-0.4, -0.2) is 5.78 Å². The predicted molar refractivity (Wildman–Crippen MR) is 64.8 cm³/mol. The van der Waals surface area contributed by atoms with Gasteiger partial charge in [0.05, 0.1) is 0 Å². The van der Waals surface area contributed by atoms with Crippen LogP contribution in [0.4, 0.5) is 0 Å². The van der Waals surface area contributed by atoms with Crippen molar-refractivity contribution in [2.45, 2.75) is 65.7 Å². The Balaban J connectivity index is 2.38. The standard InChI is InChI=1S/C14H26O/c1-4-12(5-2)10-14(15)13-8-6-7-11(3)9-13/h11-13H,4-10H2,1-3H3. The molecule has 0 aromatic carbocycles. The zero-order valence-electron chi connectivity index (χ0n) is 10.6. The van der Waals surface area contributed by atoms with E-state index in [1.54, 1.807) is 0 Å². The maximum Gasteiger partial charge on any atom is 0.136 e. The Kier molecular flexibility index (Phi) is 5.35. The molecule has 0 amide bonds. The highest BCUT2D eigenvalue weighted by atomic mass is 16.1. The number of carbonyl (C=O) groups excluding carboxylic acids is 1. The molecular formula is C14H26O. The van der Waals surface area contributed by atoms with Crippen LogP contribution in [0.2, 0.25) is 0 Å². The SMILES string of the molecule is CCC(CC)CC(=O)C1CCCC(C)C1. The number of rotatable bonds is 5. The average molecular weight is 210 g/mol. The summed E-state index contributed by atoms with van der Waals surface area (Å²) < 4.78 is 0. The van der Waals surface area contributed by atoms with Crippen molar-refractivity contribution < 1.29 is 4.79 Å². The van der Waals surface area contributed by atoms with Gasteiger partial charge in [-0.1, -0.05) is 46.5 Å². The molecule has 0 saturated heterocycles. The van der Waals surface area contributed by atoms with E-state index >= 15 is 0 Å². The molecule has 0 radical (unpaired) electrons. The van der Waals surface area contributed by atoms with Crippen molar-refractivity contribution in [3.63, 3.8) is 0 Å². The van der Waals surface area contributed by atoms with E-state index < -0.39 is 0 Å². The van der Waals surface area contributed by atoms with Crippen LogP contribution in [0.25, 0.3) is 0 Å². The highest BCUT2D eigenvalue weighted by molar-refractivity contribution is 5.81. The first-order valence-corrected chi connectivity index (χ1v) is 6.70. The quantitative estimate of drug-likeness (QED) is 0.664. The monoisotopic (exact) mass is 210 g/mol. The molecule has 1 fully saturated rings. The fourth-order valence-corrected chi connectivity index (χ4v) is 2.76. The number of hydrogen-bond acceptors (Lipinski definition) is 1. The van der Waals surface area contributed by atoms with E-state index in [9.17, 15) is 4.79 Å². The van der Waals surface area contributed by atoms with Gasteiger partial charge in [0.1, 0.15) is 5.78 Å². The van der Waals surface area contributed by atoms with Gasteiger partial charge in [0.15, 0.2) is 0 Å². The molecule has 0 N–H and O–H groups in total. The van der Waals surface area contributed by atoms with E-state index in [1.165, 1.54) is 12.8 Å². The third kappa shape index (κ3) is 3.96. The molecule has 0 heterocycles. The van der Waals surface area contributed by atoms with Crippen molar-refractivity contribution in [3.8, 4) is 0 Å². The van der Waals surface area contributed by atoms with Gasteiger partial charge < -0.3 is 0 Å².